The van der Waals surface area contributed by atoms with Crippen molar-refractivity contribution in [2.45, 2.75) is 49.3 Å². The van der Waals surface area contributed by atoms with E-state index in [0.717, 1.165) is 41.6 Å². The predicted molar refractivity (Wildman–Crippen MR) is 185 cm³/mol. The van der Waals surface area contributed by atoms with Crippen LogP contribution in [0.4, 0.5) is 11.4 Å². The average molecular weight is 653 g/mol. The van der Waals surface area contributed by atoms with Gasteiger partial charge < -0.3 is 15.0 Å². The molecule has 3 N–H and O–H groups in total. The summed E-state index contributed by atoms with van der Waals surface area (Å²) in [4.78, 5) is 21.5. The van der Waals surface area contributed by atoms with Crippen LogP contribution in [0.5, 0.6) is 0 Å². The Bertz CT molecular complexity index is 1730. The number of sulfonamides is 1. The van der Waals surface area contributed by atoms with E-state index < -0.39 is 16.3 Å². The number of carbonyl (C=O) groups is 1. The third kappa shape index (κ3) is 8.87. The lowest BCUT2D eigenvalue weighted by molar-refractivity contribution is -0.190. The number of nitrogens with zero attached hydrogens (tertiary/aromatic N) is 1. The van der Waals surface area contributed by atoms with Gasteiger partial charge in [0.05, 0.1) is 4.90 Å². The normalized spacial score (nSPS) is 17.7. The van der Waals surface area contributed by atoms with E-state index in [0.29, 0.717) is 38.2 Å². The lowest BCUT2D eigenvalue weighted by atomic mass is 10.1. The highest BCUT2D eigenvalue weighted by atomic mass is 32.2. The molecule has 0 radical (unpaired) electrons. The van der Waals surface area contributed by atoms with Gasteiger partial charge in [-0.3, -0.25) is 10.3 Å². The highest BCUT2D eigenvalue weighted by molar-refractivity contribution is 7.89. The summed E-state index contributed by atoms with van der Waals surface area (Å²) in [5.74, 6) is -0.333. The summed E-state index contributed by atoms with van der Waals surface area (Å²) in [6, 6.07) is 34.0. The molecule has 4 aromatic rings. The zero-order chi connectivity index (χ0) is 32.5. The van der Waals surface area contributed by atoms with Crippen LogP contribution in [0, 0.1) is 0 Å². The molecule has 0 aromatic heterocycles. The zero-order valence-electron chi connectivity index (χ0n) is 26.2. The van der Waals surface area contributed by atoms with Crippen LogP contribution in [-0.2, 0) is 24.4 Å². The monoisotopic (exact) mass is 652 g/mol. The number of hydrogen-bond donors (Lipinski definition) is 3. The Kier molecular flexibility index (Phi) is 10.6. The number of piperidine rings is 1. The summed E-state index contributed by atoms with van der Waals surface area (Å²) in [5.41, 5.74) is 7.64. The summed E-state index contributed by atoms with van der Waals surface area (Å²) in [6.07, 6.45) is 5.49. The van der Waals surface area contributed by atoms with Crippen molar-refractivity contribution in [1.82, 2.24) is 10.2 Å². The maximum Gasteiger partial charge on any atom is 0.274 e. The average Bonchev–Trinajstić information content (AvgIpc) is 3.12. The molecule has 9 nitrogen and oxygen atoms in total. The van der Waals surface area contributed by atoms with E-state index in [4.69, 9.17) is 9.57 Å². The summed E-state index contributed by atoms with van der Waals surface area (Å²) >= 11 is 0. The summed E-state index contributed by atoms with van der Waals surface area (Å²) in [7, 11) is -3.63. The molecule has 2 aliphatic heterocycles. The molecular formula is C37H40N4O5S. The number of hydrogen-bond acceptors (Lipinski definition) is 7. The van der Waals surface area contributed by atoms with Gasteiger partial charge >= 0.3 is 0 Å². The molecule has 4 aromatic carbocycles. The first-order valence-electron chi connectivity index (χ1n) is 16.1. The Balaban J connectivity index is 1.02. The molecule has 47 heavy (non-hydrogen) atoms. The lowest BCUT2D eigenvalue weighted by Gasteiger charge is -2.34. The van der Waals surface area contributed by atoms with Crippen LogP contribution in [0.2, 0.25) is 0 Å². The van der Waals surface area contributed by atoms with Crippen molar-refractivity contribution in [2.24, 2.45) is 0 Å². The standard InChI is InChI=1S/C37H40N4O5S/c42-37(35(27-28-9-3-1-4-10-28)39-46-36-13-7-8-26-45-36)38-31-16-18-33(19-17-31)41-24-22-32(23-25-41)40-47(43,44)34-20-14-30(15-21-34)29-11-5-2-6-12-29/h1-6,9-12,14-21,27,32,36,39-40H,7-8,13,22-26H2,(H,38,42)/b35-27-. The third-order valence-electron chi connectivity index (χ3n) is 8.37. The number of ether oxygens (including phenoxy) is 1. The molecule has 0 saturated carbocycles. The van der Waals surface area contributed by atoms with Crippen molar-refractivity contribution < 1.29 is 22.8 Å². The highest BCUT2D eigenvalue weighted by Gasteiger charge is 2.25. The van der Waals surface area contributed by atoms with Crippen LogP contribution in [0.25, 0.3) is 17.2 Å². The number of hydroxylamine groups is 1. The molecule has 1 amide bonds. The number of nitrogens with one attached hydrogen (secondary N) is 3. The Hall–Kier alpha value is -4.48. The van der Waals surface area contributed by atoms with Crippen molar-refractivity contribution in [3.63, 3.8) is 0 Å². The first-order chi connectivity index (χ1) is 22.9. The van der Waals surface area contributed by atoms with Gasteiger partial charge in [0.15, 0.2) is 6.29 Å². The van der Waals surface area contributed by atoms with E-state index in [1.165, 1.54) is 0 Å². The minimum absolute atomic E-state index is 0.146. The summed E-state index contributed by atoms with van der Waals surface area (Å²) in [6.45, 7) is 2.06. The Morgan fingerprint density at radius 1 is 0.787 bits per heavy atom. The van der Waals surface area contributed by atoms with Crippen LogP contribution in [0.3, 0.4) is 0 Å². The largest absolute Gasteiger partial charge is 0.371 e. The first kappa shape index (κ1) is 32.5. The molecule has 2 heterocycles. The van der Waals surface area contributed by atoms with Crippen molar-refractivity contribution in [2.75, 3.05) is 29.9 Å². The van der Waals surface area contributed by atoms with Crippen molar-refractivity contribution in [1.29, 1.82) is 0 Å². The summed E-state index contributed by atoms with van der Waals surface area (Å²) < 4.78 is 34.8. The molecule has 6 rings (SSSR count). The number of amides is 1. The van der Waals surface area contributed by atoms with E-state index in [-0.39, 0.29) is 22.5 Å². The summed E-state index contributed by atoms with van der Waals surface area (Å²) in [5, 5.41) is 2.96. The van der Waals surface area contributed by atoms with Gasteiger partial charge in [0.2, 0.25) is 10.0 Å². The van der Waals surface area contributed by atoms with Gasteiger partial charge in [-0.15, -0.1) is 0 Å². The second kappa shape index (κ2) is 15.4. The van der Waals surface area contributed by atoms with Crippen LogP contribution >= 0.6 is 0 Å². The van der Waals surface area contributed by atoms with E-state index >= 15 is 0 Å². The van der Waals surface area contributed by atoms with Crippen molar-refractivity contribution >= 4 is 33.4 Å². The molecule has 244 valence electrons. The van der Waals surface area contributed by atoms with E-state index in [2.05, 4.69) is 20.4 Å². The maximum absolute atomic E-state index is 13.3. The van der Waals surface area contributed by atoms with Crippen LogP contribution in [-0.4, -0.2) is 46.4 Å². The quantitative estimate of drug-likeness (QED) is 0.128. The van der Waals surface area contributed by atoms with Crippen molar-refractivity contribution in [3.05, 3.63) is 120 Å². The molecule has 0 spiro atoms. The number of carbonyl (C=O) groups excluding carboxylic acids is 1. The Labute approximate surface area is 276 Å². The third-order valence-corrected chi connectivity index (χ3v) is 9.91. The van der Waals surface area contributed by atoms with Gasteiger partial charge in [-0.1, -0.05) is 72.8 Å². The molecule has 2 saturated heterocycles. The van der Waals surface area contributed by atoms with Gasteiger partial charge in [0.1, 0.15) is 5.70 Å². The maximum atomic E-state index is 13.3. The van der Waals surface area contributed by atoms with E-state index in [1.807, 2.05) is 97.1 Å². The molecule has 10 heteroatoms. The number of rotatable bonds is 11. The minimum atomic E-state index is -3.63. The van der Waals surface area contributed by atoms with Gasteiger partial charge in [-0.2, -0.15) is 0 Å². The highest BCUT2D eigenvalue weighted by Crippen LogP contribution is 2.25. The number of benzene rings is 4. The molecule has 2 aliphatic rings. The predicted octanol–water partition coefficient (Wildman–Crippen LogP) is 6.33. The first-order valence-corrected chi connectivity index (χ1v) is 17.6. The Morgan fingerprint density at radius 3 is 2.11 bits per heavy atom. The van der Waals surface area contributed by atoms with Crippen LogP contribution in [0.1, 0.15) is 37.7 Å². The van der Waals surface area contributed by atoms with Crippen molar-refractivity contribution in [3.8, 4) is 11.1 Å². The topological polar surface area (TPSA) is 109 Å². The molecular weight excluding hydrogens is 612 g/mol. The lowest BCUT2D eigenvalue weighted by Crippen LogP contribution is -2.44. The molecule has 0 aliphatic carbocycles. The minimum Gasteiger partial charge on any atom is -0.371 e. The fourth-order valence-electron chi connectivity index (χ4n) is 5.74. The van der Waals surface area contributed by atoms with Gasteiger partial charge in [-0.25, -0.2) is 18.0 Å². The smallest absolute Gasteiger partial charge is 0.274 e. The van der Waals surface area contributed by atoms with Crippen LogP contribution in [0.15, 0.2) is 120 Å². The van der Waals surface area contributed by atoms with E-state index in [1.54, 1.807) is 18.2 Å². The second-order valence-electron chi connectivity index (χ2n) is 11.8. The SMILES string of the molecule is O=C(Nc1ccc(N2CCC(NS(=O)(=O)c3ccc(-c4ccccc4)cc3)CC2)cc1)/C(=C/c1ccccc1)NOC1CCCCO1. The molecule has 1 atom stereocenters. The molecule has 0 bridgehead atoms. The van der Waals surface area contributed by atoms with E-state index in [9.17, 15) is 13.2 Å². The van der Waals surface area contributed by atoms with Gasteiger partial charge in [0, 0.05) is 43.5 Å². The second-order valence-corrected chi connectivity index (χ2v) is 13.5. The fourth-order valence-corrected chi connectivity index (χ4v) is 7.05. The van der Waals surface area contributed by atoms with Gasteiger partial charge in [0.25, 0.3) is 5.91 Å². The fraction of sp³-hybridized carbons (Fsp3) is 0.270. The zero-order valence-corrected chi connectivity index (χ0v) is 27.0. The molecule has 1 unspecified atom stereocenters. The molecule has 2 fully saturated rings. The van der Waals surface area contributed by atoms with Crippen LogP contribution < -0.4 is 20.4 Å². The van der Waals surface area contributed by atoms with Gasteiger partial charge in [-0.05, 0) is 84.8 Å². The number of anilines is 2. The Morgan fingerprint density at radius 2 is 1.45 bits per heavy atom.